The predicted molar refractivity (Wildman–Crippen MR) is 60.9 cm³/mol. The Morgan fingerprint density at radius 2 is 1.79 bits per heavy atom. The molecule has 0 saturated heterocycles. The summed E-state index contributed by atoms with van der Waals surface area (Å²) < 4.78 is 5.79. The molecular formula is C10H24O3Si. The second kappa shape index (κ2) is 5.26. The molecule has 0 bridgehead atoms. The van der Waals surface area contributed by atoms with Crippen LogP contribution in [0.25, 0.3) is 0 Å². The molecule has 1 unspecified atom stereocenters. The lowest BCUT2D eigenvalue weighted by Gasteiger charge is -2.36. The van der Waals surface area contributed by atoms with Crippen LogP contribution < -0.4 is 0 Å². The first-order valence-corrected chi connectivity index (χ1v) is 8.04. The molecule has 0 heterocycles. The SMILES string of the molecule is CC(C)(C)[Si](C)(C)OCC(O)CCO. The molecule has 0 aromatic rings. The minimum Gasteiger partial charge on any atom is -0.414 e. The van der Waals surface area contributed by atoms with Crippen molar-refractivity contribution < 1.29 is 14.6 Å². The lowest BCUT2D eigenvalue weighted by Crippen LogP contribution is -2.42. The van der Waals surface area contributed by atoms with Gasteiger partial charge in [0.1, 0.15) is 0 Å². The van der Waals surface area contributed by atoms with E-state index in [2.05, 4.69) is 33.9 Å². The van der Waals surface area contributed by atoms with Gasteiger partial charge in [0.15, 0.2) is 8.32 Å². The van der Waals surface area contributed by atoms with Crippen molar-refractivity contribution >= 4 is 8.32 Å². The second-order valence-corrected chi connectivity index (χ2v) is 10.0. The maximum Gasteiger partial charge on any atom is 0.192 e. The molecule has 2 N–H and O–H groups in total. The fraction of sp³-hybridized carbons (Fsp3) is 1.00. The van der Waals surface area contributed by atoms with E-state index in [0.717, 1.165) is 0 Å². The summed E-state index contributed by atoms with van der Waals surface area (Å²) in [6.07, 6.45) is -0.136. The van der Waals surface area contributed by atoms with Crippen LogP contribution in [0, 0.1) is 0 Å². The van der Waals surface area contributed by atoms with Crippen molar-refractivity contribution in [2.24, 2.45) is 0 Å². The van der Waals surface area contributed by atoms with Crippen molar-refractivity contribution in [3.63, 3.8) is 0 Å². The van der Waals surface area contributed by atoms with Gasteiger partial charge in [0.05, 0.1) is 12.7 Å². The topological polar surface area (TPSA) is 49.7 Å². The summed E-state index contributed by atoms with van der Waals surface area (Å²) >= 11 is 0. The molecule has 0 aliphatic heterocycles. The zero-order valence-corrected chi connectivity index (χ0v) is 11.0. The van der Waals surface area contributed by atoms with Crippen molar-refractivity contribution in [3.8, 4) is 0 Å². The highest BCUT2D eigenvalue weighted by molar-refractivity contribution is 6.74. The molecule has 0 rings (SSSR count). The molecule has 0 aromatic heterocycles. The summed E-state index contributed by atoms with van der Waals surface area (Å²) in [5, 5.41) is 18.2. The van der Waals surface area contributed by atoms with Crippen LogP contribution in [0.5, 0.6) is 0 Å². The molecule has 0 fully saturated rings. The van der Waals surface area contributed by atoms with Gasteiger partial charge in [-0.25, -0.2) is 0 Å². The Labute approximate surface area is 88.2 Å². The van der Waals surface area contributed by atoms with Gasteiger partial charge in [-0.2, -0.15) is 0 Å². The van der Waals surface area contributed by atoms with Gasteiger partial charge in [0, 0.05) is 6.61 Å². The lowest BCUT2D eigenvalue weighted by molar-refractivity contribution is 0.0763. The molecule has 0 saturated carbocycles. The van der Waals surface area contributed by atoms with Crippen molar-refractivity contribution in [2.45, 2.75) is 51.4 Å². The molecule has 0 amide bonds. The number of hydrogen-bond acceptors (Lipinski definition) is 3. The molecule has 14 heavy (non-hydrogen) atoms. The van der Waals surface area contributed by atoms with Gasteiger partial charge in [-0.15, -0.1) is 0 Å². The quantitative estimate of drug-likeness (QED) is 0.694. The summed E-state index contributed by atoms with van der Waals surface area (Å²) in [7, 11) is -1.74. The molecule has 0 spiro atoms. The molecule has 4 heteroatoms. The average molecular weight is 220 g/mol. The van der Waals surface area contributed by atoms with Gasteiger partial charge in [-0.05, 0) is 24.6 Å². The zero-order valence-electron chi connectivity index (χ0n) is 10.0. The summed E-state index contributed by atoms with van der Waals surface area (Å²) in [5.41, 5.74) is 0. The first-order chi connectivity index (χ1) is 6.20. The molecule has 1 atom stereocenters. The summed E-state index contributed by atoms with van der Waals surface area (Å²) in [5.74, 6) is 0. The van der Waals surface area contributed by atoms with Gasteiger partial charge in [-0.3, -0.25) is 0 Å². The molecule has 86 valence electrons. The van der Waals surface area contributed by atoms with Crippen LogP contribution in [-0.4, -0.2) is 37.8 Å². The largest absolute Gasteiger partial charge is 0.414 e. The summed E-state index contributed by atoms with van der Waals surface area (Å²) in [6, 6.07) is 0. The van der Waals surface area contributed by atoms with Crippen LogP contribution in [0.15, 0.2) is 0 Å². The Morgan fingerprint density at radius 1 is 1.29 bits per heavy atom. The van der Waals surface area contributed by atoms with E-state index in [1.165, 1.54) is 0 Å². The lowest BCUT2D eigenvalue weighted by atomic mass is 10.2. The van der Waals surface area contributed by atoms with E-state index in [4.69, 9.17) is 9.53 Å². The molecule has 0 aliphatic carbocycles. The smallest absolute Gasteiger partial charge is 0.192 e. The van der Waals surface area contributed by atoms with Crippen molar-refractivity contribution in [1.82, 2.24) is 0 Å². The van der Waals surface area contributed by atoms with Crippen LogP contribution >= 0.6 is 0 Å². The molecule has 0 aliphatic rings. The Morgan fingerprint density at radius 3 is 2.14 bits per heavy atom. The first kappa shape index (κ1) is 14.1. The van der Waals surface area contributed by atoms with E-state index in [1.807, 2.05) is 0 Å². The van der Waals surface area contributed by atoms with Crippen LogP contribution in [0.4, 0.5) is 0 Å². The maximum absolute atomic E-state index is 9.42. The normalized spacial score (nSPS) is 15.6. The van der Waals surface area contributed by atoms with Gasteiger partial charge in [0.25, 0.3) is 0 Å². The number of aliphatic hydroxyl groups is 2. The van der Waals surface area contributed by atoms with Crippen LogP contribution in [0.1, 0.15) is 27.2 Å². The van der Waals surface area contributed by atoms with E-state index >= 15 is 0 Å². The molecule has 0 radical (unpaired) electrons. The van der Waals surface area contributed by atoms with Gasteiger partial charge in [0.2, 0.25) is 0 Å². The van der Waals surface area contributed by atoms with E-state index in [-0.39, 0.29) is 11.6 Å². The second-order valence-electron chi connectivity index (χ2n) is 5.24. The fourth-order valence-corrected chi connectivity index (χ4v) is 1.80. The zero-order chi connectivity index (χ0) is 11.4. The molecular weight excluding hydrogens is 196 g/mol. The highest BCUT2D eigenvalue weighted by Gasteiger charge is 2.37. The molecule has 0 aromatic carbocycles. The van der Waals surface area contributed by atoms with Crippen LogP contribution in [0.3, 0.4) is 0 Å². The van der Waals surface area contributed by atoms with E-state index in [1.54, 1.807) is 0 Å². The van der Waals surface area contributed by atoms with E-state index < -0.39 is 14.4 Å². The fourth-order valence-electron chi connectivity index (χ4n) is 0.753. The Hall–Kier alpha value is 0.0969. The average Bonchev–Trinajstić information content (AvgIpc) is 1.99. The first-order valence-electron chi connectivity index (χ1n) is 5.13. The highest BCUT2D eigenvalue weighted by Crippen LogP contribution is 2.36. The van der Waals surface area contributed by atoms with Gasteiger partial charge >= 0.3 is 0 Å². The van der Waals surface area contributed by atoms with Crippen LogP contribution in [0.2, 0.25) is 18.1 Å². The van der Waals surface area contributed by atoms with Gasteiger partial charge in [-0.1, -0.05) is 20.8 Å². The van der Waals surface area contributed by atoms with Crippen molar-refractivity contribution in [2.75, 3.05) is 13.2 Å². The van der Waals surface area contributed by atoms with Crippen molar-refractivity contribution in [1.29, 1.82) is 0 Å². The van der Waals surface area contributed by atoms with E-state index in [0.29, 0.717) is 13.0 Å². The minimum atomic E-state index is -1.74. The Bertz CT molecular complexity index is 163. The predicted octanol–water partition coefficient (Wildman–Crippen LogP) is 1.75. The maximum atomic E-state index is 9.42. The van der Waals surface area contributed by atoms with Gasteiger partial charge < -0.3 is 14.6 Å². The summed E-state index contributed by atoms with van der Waals surface area (Å²) in [4.78, 5) is 0. The highest BCUT2D eigenvalue weighted by atomic mass is 28.4. The number of hydrogen-bond donors (Lipinski definition) is 2. The Balaban J connectivity index is 3.99. The third-order valence-electron chi connectivity index (χ3n) is 2.91. The number of aliphatic hydroxyl groups excluding tert-OH is 2. The molecule has 3 nitrogen and oxygen atoms in total. The Kier molecular flexibility index (Phi) is 5.29. The van der Waals surface area contributed by atoms with Crippen LogP contribution in [-0.2, 0) is 4.43 Å². The third kappa shape index (κ3) is 4.55. The monoisotopic (exact) mass is 220 g/mol. The third-order valence-corrected chi connectivity index (χ3v) is 7.41. The minimum absolute atomic E-state index is 0.0159. The summed E-state index contributed by atoms with van der Waals surface area (Å²) in [6.45, 7) is 11.2. The van der Waals surface area contributed by atoms with E-state index in [9.17, 15) is 5.11 Å². The standard InChI is InChI=1S/C10H24O3Si/c1-10(2,3)14(4,5)13-8-9(12)6-7-11/h9,11-12H,6-8H2,1-5H3. The van der Waals surface area contributed by atoms with Crippen molar-refractivity contribution in [3.05, 3.63) is 0 Å². The number of rotatable bonds is 5.